The van der Waals surface area contributed by atoms with Gasteiger partial charge in [0, 0.05) is 10.0 Å². The molecule has 2 heteroatoms. The number of benzene rings is 1. The van der Waals surface area contributed by atoms with Crippen molar-refractivity contribution in [2.75, 3.05) is 6.54 Å². The van der Waals surface area contributed by atoms with Gasteiger partial charge >= 0.3 is 0 Å². The highest BCUT2D eigenvalue weighted by atomic mass is 79.9. The molecule has 1 N–H and O–H groups in total. The molecule has 1 heterocycles. The van der Waals surface area contributed by atoms with Gasteiger partial charge in [0.15, 0.2) is 0 Å². The first-order valence-electron chi connectivity index (χ1n) is 6.67. The van der Waals surface area contributed by atoms with Crippen LogP contribution >= 0.6 is 15.9 Å². The van der Waals surface area contributed by atoms with Crippen molar-refractivity contribution in [2.24, 2.45) is 5.92 Å². The van der Waals surface area contributed by atoms with E-state index in [1.807, 2.05) is 0 Å². The van der Waals surface area contributed by atoms with Crippen molar-refractivity contribution < 1.29 is 0 Å². The number of hydrogen-bond donors (Lipinski definition) is 1. The average molecular weight is 296 g/mol. The molecule has 1 fully saturated rings. The minimum Gasteiger partial charge on any atom is -0.307 e. The molecule has 0 aromatic heterocycles. The Morgan fingerprint density at radius 1 is 1.18 bits per heavy atom. The van der Waals surface area contributed by atoms with Gasteiger partial charge in [0.05, 0.1) is 0 Å². The predicted octanol–water partition coefficient (Wildman–Crippen LogP) is 4.46. The van der Waals surface area contributed by atoms with Gasteiger partial charge < -0.3 is 5.32 Å². The van der Waals surface area contributed by atoms with Crippen LogP contribution in [0.15, 0.2) is 28.7 Å². The molecule has 1 aliphatic rings. The molecule has 0 amide bonds. The third-order valence-electron chi connectivity index (χ3n) is 4.03. The zero-order chi connectivity index (χ0) is 12.3. The largest absolute Gasteiger partial charge is 0.307 e. The predicted molar refractivity (Wildman–Crippen MR) is 77.1 cm³/mol. The summed E-state index contributed by atoms with van der Waals surface area (Å²) in [5, 5.41) is 3.82. The summed E-state index contributed by atoms with van der Waals surface area (Å²) in [7, 11) is 0. The molecule has 0 aliphatic carbocycles. The Balaban J connectivity index is 2.43. The molecule has 0 radical (unpaired) electrons. The van der Waals surface area contributed by atoms with Crippen molar-refractivity contribution in [1.82, 2.24) is 5.32 Å². The maximum absolute atomic E-state index is 3.82. The van der Waals surface area contributed by atoms with Crippen LogP contribution in [0.1, 0.15) is 45.1 Å². The second kappa shape index (κ2) is 5.53. The molecule has 1 nitrogen and oxygen atoms in total. The fraction of sp³-hybridized carbons (Fsp3) is 0.600. The van der Waals surface area contributed by atoms with Gasteiger partial charge in [-0.05, 0) is 36.9 Å². The molecule has 94 valence electrons. The van der Waals surface area contributed by atoms with E-state index >= 15 is 0 Å². The summed E-state index contributed by atoms with van der Waals surface area (Å²) in [5.41, 5.74) is 1.58. The van der Waals surface area contributed by atoms with Crippen LogP contribution in [-0.2, 0) is 5.54 Å². The van der Waals surface area contributed by atoms with Crippen molar-refractivity contribution in [3.63, 3.8) is 0 Å². The Bertz CT molecular complexity index is 365. The smallest absolute Gasteiger partial charge is 0.0469 e. The fourth-order valence-electron chi connectivity index (χ4n) is 2.96. The van der Waals surface area contributed by atoms with Gasteiger partial charge in [-0.25, -0.2) is 0 Å². The standard InChI is InChI=1S/C15H22BrN/c1-12(2)15(10-6-3-7-11-17-15)13-8-4-5-9-14(13)16/h4-5,8-9,12,17H,3,6-7,10-11H2,1-2H3. The number of hydrogen-bond acceptors (Lipinski definition) is 1. The van der Waals surface area contributed by atoms with E-state index < -0.39 is 0 Å². The molecule has 1 saturated heterocycles. The maximum atomic E-state index is 3.82. The second-order valence-corrected chi connectivity index (χ2v) is 6.20. The Hall–Kier alpha value is -0.340. The molecule has 17 heavy (non-hydrogen) atoms. The summed E-state index contributed by atoms with van der Waals surface area (Å²) in [6.45, 7) is 5.80. The van der Waals surface area contributed by atoms with Crippen LogP contribution in [0.25, 0.3) is 0 Å². The van der Waals surface area contributed by atoms with E-state index in [9.17, 15) is 0 Å². The number of nitrogens with one attached hydrogen (secondary N) is 1. The zero-order valence-electron chi connectivity index (χ0n) is 10.8. The normalized spacial score (nSPS) is 25.9. The first-order chi connectivity index (χ1) is 8.17. The van der Waals surface area contributed by atoms with Gasteiger partial charge in [0.1, 0.15) is 0 Å². The topological polar surface area (TPSA) is 12.0 Å². The summed E-state index contributed by atoms with van der Waals surface area (Å²) in [4.78, 5) is 0. The minimum absolute atomic E-state index is 0.149. The Morgan fingerprint density at radius 3 is 2.65 bits per heavy atom. The summed E-state index contributed by atoms with van der Waals surface area (Å²) in [6.07, 6.45) is 5.23. The van der Waals surface area contributed by atoms with Crippen molar-refractivity contribution in [2.45, 2.75) is 45.1 Å². The van der Waals surface area contributed by atoms with Gasteiger partial charge in [0.2, 0.25) is 0 Å². The molecule has 0 bridgehead atoms. The van der Waals surface area contributed by atoms with Crippen LogP contribution in [0.3, 0.4) is 0 Å². The lowest BCUT2D eigenvalue weighted by atomic mass is 9.76. The average Bonchev–Trinajstić information content (AvgIpc) is 2.56. The van der Waals surface area contributed by atoms with Crippen molar-refractivity contribution >= 4 is 15.9 Å². The Labute approximate surface area is 113 Å². The highest BCUT2D eigenvalue weighted by molar-refractivity contribution is 9.10. The van der Waals surface area contributed by atoms with Gasteiger partial charge in [-0.15, -0.1) is 0 Å². The van der Waals surface area contributed by atoms with E-state index in [-0.39, 0.29) is 5.54 Å². The minimum atomic E-state index is 0.149. The van der Waals surface area contributed by atoms with E-state index in [4.69, 9.17) is 0 Å². The quantitative estimate of drug-likeness (QED) is 0.849. The van der Waals surface area contributed by atoms with Crippen LogP contribution in [0.5, 0.6) is 0 Å². The molecule has 1 aliphatic heterocycles. The van der Waals surface area contributed by atoms with E-state index in [0.717, 1.165) is 6.54 Å². The first-order valence-corrected chi connectivity index (χ1v) is 7.46. The summed E-state index contributed by atoms with van der Waals surface area (Å²) in [5.74, 6) is 0.610. The van der Waals surface area contributed by atoms with Crippen LogP contribution in [0.4, 0.5) is 0 Å². The summed E-state index contributed by atoms with van der Waals surface area (Å²) >= 11 is 3.72. The van der Waals surface area contributed by atoms with E-state index in [0.29, 0.717) is 5.92 Å². The maximum Gasteiger partial charge on any atom is 0.0469 e. The van der Waals surface area contributed by atoms with E-state index in [2.05, 4.69) is 59.4 Å². The lowest BCUT2D eigenvalue weighted by molar-refractivity contribution is 0.229. The highest BCUT2D eigenvalue weighted by Crippen LogP contribution is 2.39. The lowest BCUT2D eigenvalue weighted by Crippen LogP contribution is -2.46. The van der Waals surface area contributed by atoms with Gasteiger partial charge in [-0.3, -0.25) is 0 Å². The molecular formula is C15H22BrN. The molecule has 0 spiro atoms. The molecule has 1 aromatic rings. The van der Waals surface area contributed by atoms with Crippen LogP contribution in [-0.4, -0.2) is 6.54 Å². The zero-order valence-corrected chi connectivity index (χ0v) is 12.4. The fourth-order valence-corrected chi connectivity index (χ4v) is 3.60. The van der Waals surface area contributed by atoms with Crippen molar-refractivity contribution in [3.05, 3.63) is 34.3 Å². The first kappa shape index (κ1) is 13.1. The van der Waals surface area contributed by atoms with Gasteiger partial charge in [0.25, 0.3) is 0 Å². The molecule has 1 aromatic carbocycles. The molecular weight excluding hydrogens is 274 g/mol. The number of rotatable bonds is 2. The third-order valence-corrected chi connectivity index (χ3v) is 4.72. The molecule has 1 atom stereocenters. The highest BCUT2D eigenvalue weighted by Gasteiger charge is 2.36. The van der Waals surface area contributed by atoms with Gasteiger partial charge in [-0.1, -0.05) is 60.8 Å². The number of halogens is 1. The van der Waals surface area contributed by atoms with Gasteiger partial charge in [-0.2, -0.15) is 0 Å². The van der Waals surface area contributed by atoms with Crippen molar-refractivity contribution in [3.8, 4) is 0 Å². The third kappa shape index (κ3) is 2.58. The van der Waals surface area contributed by atoms with Crippen LogP contribution in [0.2, 0.25) is 0 Å². The van der Waals surface area contributed by atoms with E-state index in [1.54, 1.807) is 0 Å². The molecule has 1 unspecified atom stereocenters. The second-order valence-electron chi connectivity index (χ2n) is 5.34. The van der Waals surface area contributed by atoms with Crippen molar-refractivity contribution in [1.29, 1.82) is 0 Å². The SMILES string of the molecule is CC(C)C1(c2ccccc2Br)CCCCCN1. The summed E-state index contributed by atoms with van der Waals surface area (Å²) in [6, 6.07) is 8.67. The lowest BCUT2D eigenvalue weighted by Gasteiger charge is -2.39. The van der Waals surface area contributed by atoms with Crippen LogP contribution < -0.4 is 5.32 Å². The Morgan fingerprint density at radius 2 is 1.94 bits per heavy atom. The Kier molecular flexibility index (Phi) is 4.26. The van der Waals surface area contributed by atoms with E-state index in [1.165, 1.54) is 35.7 Å². The summed E-state index contributed by atoms with van der Waals surface area (Å²) < 4.78 is 1.24. The van der Waals surface area contributed by atoms with Crippen LogP contribution in [0, 0.1) is 5.92 Å². The molecule has 2 rings (SSSR count). The molecule has 0 saturated carbocycles. The monoisotopic (exact) mass is 295 g/mol.